The van der Waals surface area contributed by atoms with Gasteiger partial charge in [-0.05, 0) is 47.0 Å². The average molecular weight is 390 g/mol. The lowest BCUT2D eigenvalue weighted by molar-refractivity contribution is 1.18. The minimum atomic E-state index is 0.233. The highest BCUT2D eigenvalue weighted by Gasteiger charge is 2.10. The van der Waals surface area contributed by atoms with Gasteiger partial charge in [0, 0.05) is 4.47 Å². The van der Waals surface area contributed by atoms with Crippen LogP contribution in [0.25, 0.3) is 10.8 Å². The van der Waals surface area contributed by atoms with Gasteiger partial charge in [-0.1, -0.05) is 79.9 Å². The molecule has 20 heavy (non-hydrogen) atoms. The van der Waals surface area contributed by atoms with E-state index in [1.165, 1.54) is 27.5 Å². The molecule has 0 aliphatic heterocycles. The maximum Gasteiger partial charge on any atom is 0.0644 e. The summed E-state index contributed by atoms with van der Waals surface area (Å²) in [6.45, 7) is 2.11. The molecular weight excluding hydrogens is 376 g/mol. The molecule has 0 radical (unpaired) electrons. The van der Waals surface area contributed by atoms with Crippen LogP contribution in [0.1, 0.15) is 21.5 Å². The van der Waals surface area contributed by atoms with Gasteiger partial charge in [0.1, 0.15) is 0 Å². The first-order chi connectivity index (χ1) is 9.63. The molecule has 0 saturated carbocycles. The van der Waals surface area contributed by atoms with E-state index in [0.717, 1.165) is 4.47 Å². The Labute approximate surface area is 136 Å². The van der Waals surface area contributed by atoms with E-state index in [9.17, 15) is 0 Å². The van der Waals surface area contributed by atoms with Crippen LogP contribution in [-0.2, 0) is 0 Å². The second-order valence-electron chi connectivity index (χ2n) is 5.02. The Bertz CT molecular complexity index is 745. The molecule has 1 atom stereocenters. The summed E-state index contributed by atoms with van der Waals surface area (Å²) >= 11 is 7.32. The van der Waals surface area contributed by atoms with E-state index in [4.69, 9.17) is 0 Å². The van der Waals surface area contributed by atoms with Gasteiger partial charge in [0.15, 0.2) is 0 Å². The molecule has 0 aromatic heterocycles. The monoisotopic (exact) mass is 388 g/mol. The molecule has 0 spiro atoms. The van der Waals surface area contributed by atoms with Gasteiger partial charge in [-0.15, -0.1) is 0 Å². The minimum absolute atomic E-state index is 0.233. The van der Waals surface area contributed by atoms with Crippen molar-refractivity contribution in [2.24, 2.45) is 0 Å². The number of hydrogen-bond donors (Lipinski definition) is 0. The summed E-state index contributed by atoms with van der Waals surface area (Å²) in [6, 6.07) is 21.7. The van der Waals surface area contributed by atoms with Gasteiger partial charge in [0.2, 0.25) is 0 Å². The Balaban J connectivity index is 2.01. The van der Waals surface area contributed by atoms with Crippen LogP contribution in [0.3, 0.4) is 0 Å². The molecule has 3 rings (SSSR count). The molecule has 0 amide bonds. The topological polar surface area (TPSA) is 0 Å². The van der Waals surface area contributed by atoms with Crippen molar-refractivity contribution in [1.82, 2.24) is 0 Å². The Morgan fingerprint density at radius 1 is 0.750 bits per heavy atom. The average Bonchev–Trinajstić information content (AvgIpc) is 2.47. The SMILES string of the molecule is Cc1ccc(C(Br)c2ccc3cc(Br)ccc3c2)cc1. The smallest absolute Gasteiger partial charge is 0.0644 e. The maximum absolute atomic E-state index is 3.81. The van der Waals surface area contributed by atoms with Crippen LogP contribution in [0.4, 0.5) is 0 Å². The van der Waals surface area contributed by atoms with E-state index >= 15 is 0 Å². The number of rotatable bonds is 2. The molecule has 0 bridgehead atoms. The van der Waals surface area contributed by atoms with Gasteiger partial charge in [-0.25, -0.2) is 0 Å². The largest absolute Gasteiger partial charge is 0.0786 e. The van der Waals surface area contributed by atoms with Crippen molar-refractivity contribution in [1.29, 1.82) is 0 Å². The van der Waals surface area contributed by atoms with E-state index in [0.29, 0.717) is 0 Å². The highest BCUT2D eigenvalue weighted by atomic mass is 79.9. The van der Waals surface area contributed by atoms with Crippen molar-refractivity contribution in [2.45, 2.75) is 11.8 Å². The van der Waals surface area contributed by atoms with Crippen molar-refractivity contribution in [3.8, 4) is 0 Å². The Kier molecular flexibility index (Phi) is 3.95. The number of benzene rings is 3. The number of aryl methyl sites for hydroxylation is 1. The van der Waals surface area contributed by atoms with Crippen LogP contribution >= 0.6 is 31.9 Å². The lowest BCUT2D eigenvalue weighted by Crippen LogP contribution is -1.92. The summed E-state index contributed by atoms with van der Waals surface area (Å²) in [5, 5.41) is 2.52. The van der Waals surface area contributed by atoms with Gasteiger partial charge in [0.05, 0.1) is 4.83 Å². The summed E-state index contributed by atoms with van der Waals surface area (Å²) in [5.74, 6) is 0. The highest BCUT2D eigenvalue weighted by Crippen LogP contribution is 2.33. The summed E-state index contributed by atoms with van der Waals surface area (Å²) in [4.78, 5) is 0.233. The minimum Gasteiger partial charge on any atom is -0.0786 e. The number of alkyl halides is 1. The van der Waals surface area contributed by atoms with E-state index in [1.807, 2.05) is 0 Å². The third-order valence-corrected chi connectivity index (χ3v) is 5.04. The number of hydrogen-bond acceptors (Lipinski definition) is 0. The fraction of sp³-hybridized carbons (Fsp3) is 0.111. The van der Waals surface area contributed by atoms with Crippen LogP contribution in [0, 0.1) is 6.92 Å². The van der Waals surface area contributed by atoms with Crippen molar-refractivity contribution < 1.29 is 0 Å². The molecule has 0 fully saturated rings. The van der Waals surface area contributed by atoms with E-state index in [1.54, 1.807) is 0 Å². The highest BCUT2D eigenvalue weighted by molar-refractivity contribution is 9.10. The molecule has 0 heterocycles. The lowest BCUT2D eigenvalue weighted by atomic mass is 10.0. The second kappa shape index (κ2) is 5.71. The molecule has 0 nitrogen and oxygen atoms in total. The van der Waals surface area contributed by atoms with Gasteiger partial charge in [-0.2, -0.15) is 0 Å². The predicted octanol–water partition coefficient (Wildman–Crippen LogP) is 6.40. The zero-order valence-corrected chi connectivity index (χ0v) is 14.3. The fourth-order valence-electron chi connectivity index (χ4n) is 2.32. The van der Waals surface area contributed by atoms with Crippen molar-refractivity contribution in [3.63, 3.8) is 0 Å². The number of halogens is 2. The molecule has 0 aliphatic carbocycles. The third kappa shape index (κ3) is 2.82. The predicted molar refractivity (Wildman–Crippen MR) is 93.6 cm³/mol. The lowest BCUT2D eigenvalue weighted by Gasteiger charge is -2.12. The van der Waals surface area contributed by atoms with Gasteiger partial charge in [-0.3, -0.25) is 0 Å². The van der Waals surface area contributed by atoms with Crippen molar-refractivity contribution in [3.05, 3.63) is 81.8 Å². The molecule has 0 aliphatic rings. The molecule has 0 saturated heterocycles. The van der Waals surface area contributed by atoms with Crippen LogP contribution < -0.4 is 0 Å². The molecule has 2 heteroatoms. The fourth-order valence-corrected chi connectivity index (χ4v) is 3.29. The van der Waals surface area contributed by atoms with E-state index in [2.05, 4.69) is 99.4 Å². The van der Waals surface area contributed by atoms with Gasteiger partial charge >= 0.3 is 0 Å². The van der Waals surface area contributed by atoms with Crippen LogP contribution in [0.15, 0.2) is 65.1 Å². The van der Waals surface area contributed by atoms with Crippen molar-refractivity contribution in [2.75, 3.05) is 0 Å². The van der Waals surface area contributed by atoms with E-state index in [-0.39, 0.29) is 4.83 Å². The summed E-state index contributed by atoms with van der Waals surface area (Å²) in [7, 11) is 0. The van der Waals surface area contributed by atoms with E-state index < -0.39 is 0 Å². The standard InChI is InChI=1S/C18H14Br2/c1-12-2-4-13(5-3-12)18(20)16-7-6-15-11-17(19)9-8-14(15)10-16/h2-11,18H,1H3. The maximum atomic E-state index is 3.81. The Hall–Kier alpha value is -1.12. The quantitative estimate of drug-likeness (QED) is 0.445. The first-order valence-electron chi connectivity index (χ1n) is 6.53. The third-order valence-electron chi connectivity index (χ3n) is 3.49. The molecule has 100 valence electrons. The summed E-state index contributed by atoms with van der Waals surface area (Å²) in [6.07, 6.45) is 0. The Morgan fingerprint density at radius 3 is 2.10 bits per heavy atom. The number of fused-ring (bicyclic) bond motifs is 1. The molecule has 1 unspecified atom stereocenters. The zero-order valence-electron chi connectivity index (χ0n) is 11.1. The van der Waals surface area contributed by atoms with Crippen LogP contribution in [0.2, 0.25) is 0 Å². The van der Waals surface area contributed by atoms with Gasteiger partial charge in [0.25, 0.3) is 0 Å². The summed E-state index contributed by atoms with van der Waals surface area (Å²) in [5.41, 5.74) is 3.85. The molecule has 0 N–H and O–H groups in total. The van der Waals surface area contributed by atoms with Crippen LogP contribution in [-0.4, -0.2) is 0 Å². The Morgan fingerprint density at radius 2 is 1.35 bits per heavy atom. The second-order valence-corrected chi connectivity index (χ2v) is 6.86. The van der Waals surface area contributed by atoms with Crippen molar-refractivity contribution >= 4 is 42.6 Å². The molecule has 3 aromatic carbocycles. The zero-order chi connectivity index (χ0) is 14.1. The van der Waals surface area contributed by atoms with Crippen LogP contribution in [0.5, 0.6) is 0 Å². The normalized spacial score (nSPS) is 12.6. The first kappa shape index (κ1) is 13.8. The summed E-state index contributed by atoms with van der Waals surface area (Å²) < 4.78 is 1.12. The first-order valence-corrected chi connectivity index (χ1v) is 8.24. The molecular formula is C18H14Br2. The van der Waals surface area contributed by atoms with Gasteiger partial charge < -0.3 is 0 Å². The molecule has 3 aromatic rings.